The van der Waals surface area contributed by atoms with Gasteiger partial charge in [0, 0.05) is 21.6 Å². The monoisotopic (exact) mass is 437 g/mol. The zero-order valence-electron chi connectivity index (χ0n) is 14.0. The Kier molecular flexibility index (Phi) is 4.88. The Bertz CT molecular complexity index is 1150. The molecule has 0 aliphatic carbocycles. The molecule has 132 valence electrons. The predicted molar refractivity (Wildman–Crippen MR) is 112 cm³/mol. The molecule has 4 rings (SSSR count). The molecule has 0 saturated carbocycles. The third-order valence-electron chi connectivity index (χ3n) is 4.11. The first kappa shape index (κ1) is 17.6. The molecule has 0 unspecified atom stereocenters. The maximum Gasteiger partial charge on any atom is 0.256 e. The van der Waals surface area contributed by atoms with Gasteiger partial charge in [0.15, 0.2) is 5.15 Å². The van der Waals surface area contributed by atoms with Crippen LogP contribution in [0.25, 0.3) is 22.2 Å². The van der Waals surface area contributed by atoms with E-state index in [1.165, 1.54) is 0 Å². The number of rotatable bonds is 3. The van der Waals surface area contributed by atoms with Crippen molar-refractivity contribution < 1.29 is 4.79 Å². The zero-order valence-corrected chi connectivity index (χ0v) is 16.3. The van der Waals surface area contributed by atoms with E-state index in [2.05, 4.69) is 26.2 Å². The van der Waals surface area contributed by atoms with Crippen LogP contribution < -0.4 is 5.32 Å². The Labute approximate surface area is 169 Å². The lowest BCUT2D eigenvalue weighted by Crippen LogP contribution is -2.13. The first-order valence-corrected chi connectivity index (χ1v) is 9.36. The molecule has 27 heavy (non-hydrogen) atoms. The highest BCUT2D eigenvalue weighted by Crippen LogP contribution is 2.27. The van der Waals surface area contributed by atoms with Crippen LogP contribution in [0, 0.1) is 0 Å². The van der Waals surface area contributed by atoms with Gasteiger partial charge >= 0.3 is 0 Å². The van der Waals surface area contributed by atoms with Crippen LogP contribution in [0.3, 0.4) is 0 Å². The summed E-state index contributed by atoms with van der Waals surface area (Å²) in [5.41, 5.74) is 3.40. The molecule has 0 fully saturated rings. The number of amides is 1. The number of halogens is 2. The number of carbonyl (C=O) groups is 1. The van der Waals surface area contributed by atoms with Crippen LogP contribution >= 0.6 is 27.5 Å². The molecule has 2 aromatic heterocycles. The van der Waals surface area contributed by atoms with E-state index in [0.717, 1.165) is 26.6 Å². The summed E-state index contributed by atoms with van der Waals surface area (Å²) in [6, 6.07) is 20.6. The van der Waals surface area contributed by atoms with Gasteiger partial charge in [0.05, 0.1) is 22.5 Å². The molecule has 2 heterocycles. The Morgan fingerprint density at radius 3 is 2.56 bits per heavy atom. The zero-order chi connectivity index (χ0) is 18.8. The molecular formula is C21H13BrClN3O. The average Bonchev–Trinajstić information content (AvgIpc) is 2.69. The van der Waals surface area contributed by atoms with Gasteiger partial charge in [-0.25, -0.2) is 9.97 Å². The SMILES string of the molecule is O=C(Nc1cccnc1Cl)c1cc(-c2ccc(Br)cc2)nc2ccccc12. The van der Waals surface area contributed by atoms with Gasteiger partial charge in [-0.2, -0.15) is 0 Å². The highest BCUT2D eigenvalue weighted by Gasteiger charge is 2.15. The van der Waals surface area contributed by atoms with Crippen LogP contribution in [0.2, 0.25) is 5.15 Å². The van der Waals surface area contributed by atoms with Gasteiger partial charge in [0.25, 0.3) is 5.91 Å². The molecule has 4 nitrogen and oxygen atoms in total. The standard InChI is InChI=1S/C21H13BrClN3O/c22-14-9-7-13(8-10-14)19-12-16(15-4-1-2-5-17(15)25-19)21(27)26-18-6-3-11-24-20(18)23/h1-12H,(H,26,27). The minimum absolute atomic E-state index is 0.248. The van der Waals surface area contributed by atoms with E-state index >= 15 is 0 Å². The molecule has 0 radical (unpaired) electrons. The van der Waals surface area contributed by atoms with E-state index in [1.54, 1.807) is 24.4 Å². The third kappa shape index (κ3) is 3.70. The van der Waals surface area contributed by atoms with Gasteiger partial charge < -0.3 is 5.32 Å². The normalized spacial score (nSPS) is 10.7. The molecular weight excluding hydrogens is 426 g/mol. The summed E-state index contributed by atoms with van der Waals surface area (Å²) in [4.78, 5) is 21.7. The number of carbonyl (C=O) groups excluding carboxylic acids is 1. The van der Waals surface area contributed by atoms with Crippen LogP contribution in [-0.2, 0) is 0 Å². The second kappa shape index (κ2) is 7.47. The van der Waals surface area contributed by atoms with Gasteiger partial charge in [-0.1, -0.05) is 57.9 Å². The summed E-state index contributed by atoms with van der Waals surface area (Å²) in [6.07, 6.45) is 1.57. The average molecular weight is 439 g/mol. The van der Waals surface area contributed by atoms with Crippen LogP contribution in [0.15, 0.2) is 77.4 Å². The number of aromatic nitrogens is 2. The van der Waals surface area contributed by atoms with Crippen molar-refractivity contribution in [2.75, 3.05) is 5.32 Å². The minimum atomic E-state index is -0.262. The maximum absolute atomic E-state index is 13.0. The number of anilines is 1. The third-order valence-corrected chi connectivity index (χ3v) is 4.94. The van der Waals surface area contributed by atoms with Gasteiger partial charge in [-0.05, 0) is 36.4 Å². The molecule has 6 heteroatoms. The van der Waals surface area contributed by atoms with Gasteiger partial charge in [0.1, 0.15) is 0 Å². The molecule has 4 aromatic rings. The first-order chi connectivity index (χ1) is 13.1. The van der Waals surface area contributed by atoms with Crippen molar-refractivity contribution in [3.63, 3.8) is 0 Å². The van der Waals surface area contributed by atoms with Crippen LogP contribution in [0.1, 0.15) is 10.4 Å². The van der Waals surface area contributed by atoms with Crippen LogP contribution in [0.4, 0.5) is 5.69 Å². The molecule has 0 spiro atoms. The number of para-hydroxylation sites is 1. The van der Waals surface area contributed by atoms with E-state index in [4.69, 9.17) is 16.6 Å². The second-order valence-corrected chi connectivity index (χ2v) is 7.15. The molecule has 0 bridgehead atoms. The molecule has 1 N–H and O–H groups in total. The number of hydrogen-bond donors (Lipinski definition) is 1. The van der Waals surface area contributed by atoms with Crippen LogP contribution in [-0.4, -0.2) is 15.9 Å². The summed E-state index contributed by atoms with van der Waals surface area (Å²) < 4.78 is 0.983. The van der Waals surface area contributed by atoms with Gasteiger partial charge in [0.2, 0.25) is 0 Å². The first-order valence-electron chi connectivity index (χ1n) is 8.19. The van der Waals surface area contributed by atoms with Crippen molar-refractivity contribution in [3.05, 3.63) is 88.1 Å². The van der Waals surface area contributed by atoms with E-state index < -0.39 is 0 Å². The maximum atomic E-state index is 13.0. The predicted octanol–water partition coefficient (Wildman–Crippen LogP) is 5.97. The lowest BCUT2D eigenvalue weighted by molar-refractivity contribution is 0.102. The van der Waals surface area contributed by atoms with E-state index in [1.807, 2.05) is 48.5 Å². The quantitative estimate of drug-likeness (QED) is 0.401. The van der Waals surface area contributed by atoms with Gasteiger partial charge in [-0.15, -0.1) is 0 Å². The summed E-state index contributed by atoms with van der Waals surface area (Å²) in [7, 11) is 0. The molecule has 0 saturated heterocycles. The molecule has 2 aromatic carbocycles. The summed E-state index contributed by atoms with van der Waals surface area (Å²) >= 11 is 9.51. The number of benzene rings is 2. The van der Waals surface area contributed by atoms with Crippen molar-refractivity contribution in [2.24, 2.45) is 0 Å². The molecule has 0 aliphatic rings. The van der Waals surface area contributed by atoms with Gasteiger partial charge in [-0.3, -0.25) is 4.79 Å². The summed E-state index contributed by atoms with van der Waals surface area (Å²) in [5, 5.41) is 3.86. The smallest absolute Gasteiger partial charge is 0.256 e. The number of nitrogens with zero attached hydrogens (tertiary/aromatic N) is 2. The highest BCUT2D eigenvalue weighted by molar-refractivity contribution is 9.10. The number of hydrogen-bond acceptors (Lipinski definition) is 3. The van der Waals surface area contributed by atoms with E-state index in [9.17, 15) is 4.79 Å². The Balaban J connectivity index is 1.82. The fourth-order valence-electron chi connectivity index (χ4n) is 2.80. The molecule has 0 aliphatic heterocycles. The number of fused-ring (bicyclic) bond motifs is 1. The topological polar surface area (TPSA) is 54.9 Å². The number of nitrogens with one attached hydrogen (secondary N) is 1. The Morgan fingerprint density at radius 2 is 1.78 bits per heavy atom. The Hall–Kier alpha value is -2.76. The second-order valence-electron chi connectivity index (χ2n) is 5.87. The van der Waals surface area contributed by atoms with Crippen molar-refractivity contribution in [2.45, 2.75) is 0 Å². The van der Waals surface area contributed by atoms with Crippen LogP contribution in [0.5, 0.6) is 0 Å². The molecule has 1 amide bonds. The summed E-state index contributed by atoms with van der Waals surface area (Å²) in [6.45, 7) is 0. The lowest BCUT2D eigenvalue weighted by Gasteiger charge is -2.11. The largest absolute Gasteiger partial charge is 0.319 e. The van der Waals surface area contributed by atoms with Crippen molar-refractivity contribution in [1.82, 2.24) is 9.97 Å². The lowest BCUT2D eigenvalue weighted by atomic mass is 10.0. The fraction of sp³-hybridized carbons (Fsp3) is 0. The minimum Gasteiger partial charge on any atom is -0.319 e. The van der Waals surface area contributed by atoms with Crippen molar-refractivity contribution >= 4 is 50.0 Å². The van der Waals surface area contributed by atoms with Crippen molar-refractivity contribution in [3.8, 4) is 11.3 Å². The summed E-state index contributed by atoms with van der Waals surface area (Å²) in [5.74, 6) is -0.262. The Morgan fingerprint density at radius 1 is 1.00 bits per heavy atom. The van der Waals surface area contributed by atoms with E-state index in [0.29, 0.717) is 11.3 Å². The molecule has 0 atom stereocenters. The number of pyridine rings is 2. The fourth-order valence-corrected chi connectivity index (χ4v) is 3.23. The van der Waals surface area contributed by atoms with E-state index in [-0.39, 0.29) is 11.1 Å². The highest BCUT2D eigenvalue weighted by atomic mass is 79.9. The van der Waals surface area contributed by atoms with Crippen molar-refractivity contribution in [1.29, 1.82) is 0 Å².